The van der Waals surface area contributed by atoms with Crippen LogP contribution >= 0.6 is 11.8 Å². The second-order valence-electron chi connectivity index (χ2n) is 7.96. The number of para-hydroxylation sites is 2. The van der Waals surface area contributed by atoms with Crippen LogP contribution in [-0.4, -0.2) is 48.8 Å². The van der Waals surface area contributed by atoms with Gasteiger partial charge >= 0.3 is 5.69 Å². The highest BCUT2D eigenvalue weighted by molar-refractivity contribution is 7.99. The first kappa shape index (κ1) is 21.4. The quantitative estimate of drug-likeness (QED) is 0.360. The van der Waals surface area contributed by atoms with E-state index in [0.717, 1.165) is 36.0 Å². The molecular weight excluding hydrogens is 414 g/mol. The first-order valence-electron chi connectivity index (χ1n) is 10.6. The van der Waals surface area contributed by atoms with Crippen LogP contribution in [0.5, 0.6) is 0 Å². The van der Waals surface area contributed by atoms with Gasteiger partial charge in [-0.15, -0.1) is 0 Å². The van der Waals surface area contributed by atoms with E-state index in [1.54, 1.807) is 7.05 Å². The Bertz CT molecular complexity index is 1200. The Labute approximate surface area is 184 Å². The van der Waals surface area contributed by atoms with Gasteiger partial charge in [0.1, 0.15) is 0 Å². The van der Waals surface area contributed by atoms with Crippen molar-refractivity contribution >= 4 is 28.7 Å². The van der Waals surface area contributed by atoms with Gasteiger partial charge < -0.3 is 9.88 Å². The summed E-state index contributed by atoms with van der Waals surface area (Å²) in [5.41, 5.74) is 2.34. The molecule has 0 bridgehead atoms. The van der Waals surface area contributed by atoms with E-state index in [0.29, 0.717) is 30.4 Å². The molecule has 4 rings (SSSR count). The lowest BCUT2D eigenvalue weighted by atomic mass is 10.0. The molecule has 0 spiro atoms. The zero-order chi connectivity index (χ0) is 22.0. The molecule has 164 valence electrons. The van der Waals surface area contributed by atoms with Crippen LogP contribution < -0.4 is 11.2 Å². The van der Waals surface area contributed by atoms with Gasteiger partial charge in [-0.25, -0.2) is 9.78 Å². The number of imidazole rings is 1. The molecule has 2 aromatic heterocycles. The molecule has 8 nitrogen and oxygen atoms in total. The maximum absolute atomic E-state index is 12.6. The predicted octanol–water partition coefficient (Wildman–Crippen LogP) is 2.47. The number of nitrogens with one attached hydrogen (secondary N) is 1. The minimum Gasteiger partial charge on any atom is -0.343 e. The Hall–Kier alpha value is -2.81. The van der Waals surface area contributed by atoms with Crippen LogP contribution in [0.1, 0.15) is 37.4 Å². The van der Waals surface area contributed by atoms with Gasteiger partial charge in [-0.3, -0.25) is 18.7 Å². The molecule has 1 N–H and O–H groups in total. The fraction of sp³-hybridized carbons (Fsp3) is 0.455. The molecule has 1 aliphatic rings. The number of aromatic amines is 1. The van der Waals surface area contributed by atoms with Crippen LogP contribution in [0.4, 0.5) is 0 Å². The summed E-state index contributed by atoms with van der Waals surface area (Å²) in [5.74, 6) is 0.882. The summed E-state index contributed by atoms with van der Waals surface area (Å²) >= 11 is 1.50. The fourth-order valence-electron chi connectivity index (χ4n) is 4.11. The van der Waals surface area contributed by atoms with Crippen LogP contribution in [-0.2, 0) is 11.8 Å². The van der Waals surface area contributed by atoms with Crippen LogP contribution in [0.3, 0.4) is 0 Å². The van der Waals surface area contributed by atoms with Crippen molar-refractivity contribution in [1.82, 2.24) is 24.0 Å². The molecule has 9 heteroatoms. The monoisotopic (exact) mass is 441 g/mol. The summed E-state index contributed by atoms with van der Waals surface area (Å²) in [6, 6.07) is 9.35. The predicted molar refractivity (Wildman–Crippen MR) is 122 cm³/mol. The number of thioether (sulfide) groups is 1. The molecule has 1 amide bonds. The van der Waals surface area contributed by atoms with Gasteiger partial charge in [0, 0.05) is 50.1 Å². The number of rotatable bonds is 6. The van der Waals surface area contributed by atoms with Crippen molar-refractivity contribution in [1.29, 1.82) is 0 Å². The van der Waals surface area contributed by atoms with Gasteiger partial charge in [0.15, 0.2) is 5.16 Å². The molecule has 31 heavy (non-hydrogen) atoms. The number of H-pyrrole nitrogens is 1. The van der Waals surface area contributed by atoms with Crippen molar-refractivity contribution in [2.24, 2.45) is 7.05 Å². The maximum atomic E-state index is 12.6. The molecular formula is C22H27N5O3S. The zero-order valence-electron chi connectivity index (χ0n) is 17.8. The van der Waals surface area contributed by atoms with Gasteiger partial charge in [-0.2, -0.15) is 0 Å². The fourth-order valence-corrected chi connectivity index (χ4v) is 5.08. The standard InChI is InChI=1S/C22H27N5O3S/c1-15-14-20(29)25(2)22(23-15)31-13-5-8-19(28)26-11-9-16(10-12-26)27-18-7-4-3-6-17(18)24-21(27)30/h3-4,6-7,14,16H,5,8-13H2,1-2H3,(H,24,30). The van der Waals surface area contributed by atoms with Gasteiger partial charge in [0.25, 0.3) is 5.56 Å². The second-order valence-corrected chi connectivity index (χ2v) is 9.02. The third kappa shape index (κ3) is 4.61. The number of likely N-dealkylation sites (tertiary alicyclic amines) is 1. The molecule has 0 radical (unpaired) electrons. The maximum Gasteiger partial charge on any atom is 0.326 e. The van der Waals surface area contributed by atoms with E-state index in [1.165, 1.54) is 22.4 Å². The summed E-state index contributed by atoms with van der Waals surface area (Å²) < 4.78 is 3.38. The third-order valence-corrected chi connectivity index (χ3v) is 6.91. The zero-order valence-corrected chi connectivity index (χ0v) is 18.7. The van der Waals surface area contributed by atoms with E-state index in [9.17, 15) is 14.4 Å². The van der Waals surface area contributed by atoms with Crippen LogP contribution in [0, 0.1) is 6.92 Å². The smallest absolute Gasteiger partial charge is 0.326 e. The summed E-state index contributed by atoms with van der Waals surface area (Å²) in [6.45, 7) is 3.13. The summed E-state index contributed by atoms with van der Waals surface area (Å²) in [4.78, 5) is 46.1. The molecule has 1 aliphatic heterocycles. The van der Waals surface area contributed by atoms with E-state index in [1.807, 2.05) is 40.7 Å². The minimum absolute atomic E-state index is 0.0664. The van der Waals surface area contributed by atoms with E-state index < -0.39 is 0 Å². The van der Waals surface area contributed by atoms with Crippen LogP contribution in [0.25, 0.3) is 11.0 Å². The molecule has 1 fully saturated rings. The average molecular weight is 442 g/mol. The first-order valence-corrected chi connectivity index (χ1v) is 11.6. The Morgan fingerprint density at radius 2 is 1.97 bits per heavy atom. The summed E-state index contributed by atoms with van der Waals surface area (Å²) in [7, 11) is 1.71. The number of piperidine rings is 1. The lowest BCUT2D eigenvalue weighted by Crippen LogP contribution is -2.40. The van der Waals surface area contributed by atoms with Crippen molar-refractivity contribution in [3.05, 3.63) is 56.9 Å². The molecule has 0 saturated carbocycles. The Morgan fingerprint density at radius 1 is 1.23 bits per heavy atom. The SMILES string of the molecule is Cc1cc(=O)n(C)c(SCCCC(=O)N2CCC(n3c(=O)[nH]c4ccccc43)CC2)n1. The number of amides is 1. The van der Waals surface area contributed by atoms with Gasteiger partial charge in [-0.1, -0.05) is 23.9 Å². The van der Waals surface area contributed by atoms with E-state index >= 15 is 0 Å². The van der Waals surface area contributed by atoms with Crippen molar-refractivity contribution in [3.8, 4) is 0 Å². The number of aromatic nitrogens is 4. The number of benzene rings is 1. The summed E-state index contributed by atoms with van der Waals surface area (Å²) in [5, 5.41) is 0.683. The number of aryl methyl sites for hydroxylation is 1. The van der Waals surface area contributed by atoms with Crippen molar-refractivity contribution in [2.75, 3.05) is 18.8 Å². The highest BCUT2D eigenvalue weighted by Crippen LogP contribution is 2.25. The Kier molecular flexibility index (Phi) is 6.31. The number of hydrogen-bond donors (Lipinski definition) is 1. The third-order valence-electron chi connectivity index (χ3n) is 5.79. The van der Waals surface area contributed by atoms with E-state index in [2.05, 4.69) is 9.97 Å². The van der Waals surface area contributed by atoms with Gasteiger partial charge in [-0.05, 0) is 38.3 Å². The first-order chi connectivity index (χ1) is 14.9. The topological polar surface area (TPSA) is 93.0 Å². The Morgan fingerprint density at radius 3 is 2.74 bits per heavy atom. The van der Waals surface area contributed by atoms with Crippen LogP contribution in [0.2, 0.25) is 0 Å². The molecule has 0 unspecified atom stereocenters. The van der Waals surface area contributed by atoms with Crippen molar-refractivity contribution in [3.63, 3.8) is 0 Å². The number of carbonyl (C=O) groups excluding carboxylic acids is 1. The molecule has 0 atom stereocenters. The highest BCUT2D eigenvalue weighted by atomic mass is 32.2. The molecule has 3 aromatic rings. The average Bonchev–Trinajstić information content (AvgIpc) is 3.10. The largest absolute Gasteiger partial charge is 0.343 e. The van der Waals surface area contributed by atoms with Crippen molar-refractivity contribution < 1.29 is 4.79 Å². The lowest BCUT2D eigenvalue weighted by Gasteiger charge is -2.32. The second kappa shape index (κ2) is 9.13. The number of nitrogens with zero attached hydrogens (tertiary/aromatic N) is 4. The van der Waals surface area contributed by atoms with E-state index in [-0.39, 0.29) is 23.2 Å². The van der Waals surface area contributed by atoms with Crippen molar-refractivity contribution in [2.45, 2.75) is 43.8 Å². The normalized spacial score (nSPS) is 15.0. The summed E-state index contributed by atoms with van der Waals surface area (Å²) in [6.07, 6.45) is 2.76. The van der Waals surface area contributed by atoms with Gasteiger partial charge in [0.2, 0.25) is 5.91 Å². The minimum atomic E-state index is -0.0813. The molecule has 0 aliphatic carbocycles. The molecule has 1 aromatic carbocycles. The Balaban J connectivity index is 1.27. The highest BCUT2D eigenvalue weighted by Gasteiger charge is 2.25. The lowest BCUT2D eigenvalue weighted by molar-refractivity contribution is -0.132. The molecule has 3 heterocycles. The molecule has 1 saturated heterocycles. The van der Waals surface area contributed by atoms with E-state index in [4.69, 9.17) is 0 Å². The number of hydrogen-bond acceptors (Lipinski definition) is 5. The number of fused-ring (bicyclic) bond motifs is 1. The number of carbonyl (C=O) groups is 1. The van der Waals surface area contributed by atoms with Crippen LogP contribution in [0.15, 0.2) is 45.1 Å². The van der Waals surface area contributed by atoms with Gasteiger partial charge in [0.05, 0.1) is 11.0 Å².